The van der Waals surface area contributed by atoms with Crippen LogP contribution in [0.5, 0.6) is 0 Å². The highest BCUT2D eigenvalue weighted by molar-refractivity contribution is 5.85. The Balaban J connectivity index is 2.24. The van der Waals surface area contributed by atoms with Crippen LogP contribution in [0.15, 0.2) is 24.3 Å². The van der Waals surface area contributed by atoms with E-state index in [0.717, 1.165) is 47.0 Å². The molecule has 1 aliphatic carbocycles. The number of hydrogen-bond donors (Lipinski definition) is 2. The van der Waals surface area contributed by atoms with Crippen molar-refractivity contribution in [2.45, 2.75) is 32.0 Å². The Kier molecular flexibility index (Phi) is 3.17. The molecule has 0 amide bonds. The monoisotopic (exact) mass is 257 g/mol. The van der Waals surface area contributed by atoms with Gasteiger partial charge in [-0.25, -0.2) is 0 Å². The first-order chi connectivity index (χ1) is 9.20. The smallest absolute Gasteiger partial charge is 0.0833 e. The molecule has 0 radical (unpaired) electrons. The van der Waals surface area contributed by atoms with Crippen molar-refractivity contribution >= 4 is 17.0 Å². The van der Waals surface area contributed by atoms with E-state index in [1.807, 2.05) is 17.7 Å². The minimum Gasteiger partial charge on any atom is -0.390 e. The number of rotatable bonds is 1. The molecule has 1 aliphatic rings. The predicted octanol–water partition coefficient (Wildman–Crippen LogP) is 2.90. The van der Waals surface area contributed by atoms with E-state index in [4.69, 9.17) is 0 Å². The van der Waals surface area contributed by atoms with Crippen molar-refractivity contribution in [3.63, 3.8) is 0 Å². The third kappa shape index (κ3) is 2.09. The topological polar surface area (TPSA) is 45.4 Å². The molecule has 3 nitrogen and oxygen atoms in total. The zero-order valence-electron chi connectivity index (χ0n) is 11.1. The van der Waals surface area contributed by atoms with Crippen molar-refractivity contribution < 1.29 is 10.2 Å². The molecule has 1 unspecified atom stereocenters. The summed E-state index contributed by atoms with van der Waals surface area (Å²) in [5.41, 5.74) is 4.08. The molecule has 19 heavy (non-hydrogen) atoms. The van der Waals surface area contributed by atoms with Gasteiger partial charge < -0.3 is 14.8 Å². The number of aromatic nitrogens is 1. The highest BCUT2D eigenvalue weighted by atomic mass is 16.3. The van der Waals surface area contributed by atoms with Gasteiger partial charge in [-0.2, -0.15) is 0 Å². The Morgan fingerprint density at radius 2 is 2.16 bits per heavy atom. The van der Waals surface area contributed by atoms with Crippen LogP contribution in [0.1, 0.15) is 42.2 Å². The van der Waals surface area contributed by atoms with Crippen molar-refractivity contribution in [3.8, 4) is 0 Å². The largest absolute Gasteiger partial charge is 0.390 e. The van der Waals surface area contributed by atoms with Crippen LogP contribution in [0.4, 0.5) is 0 Å². The lowest BCUT2D eigenvalue weighted by molar-refractivity contribution is 0.164. The van der Waals surface area contributed by atoms with Crippen LogP contribution < -0.4 is 0 Å². The Morgan fingerprint density at radius 1 is 1.32 bits per heavy atom. The first-order valence-electron chi connectivity index (χ1n) is 6.78. The van der Waals surface area contributed by atoms with Gasteiger partial charge in [-0.05, 0) is 48.6 Å². The van der Waals surface area contributed by atoms with Crippen LogP contribution in [0.25, 0.3) is 17.0 Å². The van der Waals surface area contributed by atoms with Crippen LogP contribution in [-0.4, -0.2) is 14.8 Å². The van der Waals surface area contributed by atoms with Crippen LogP contribution in [-0.2, 0) is 13.7 Å². The van der Waals surface area contributed by atoms with Crippen molar-refractivity contribution in [3.05, 3.63) is 41.1 Å². The van der Waals surface area contributed by atoms with Gasteiger partial charge in [0.05, 0.1) is 12.7 Å². The van der Waals surface area contributed by atoms with Gasteiger partial charge in [0, 0.05) is 23.6 Å². The summed E-state index contributed by atoms with van der Waals surface area (Å²) >= 11 is 0. The molecule has 0 saturated heterocycles. The highest BCUT2D eigenvalue weighted by Gasteiger charge is 2.15. The van der Waals surface area contributed by atoms with Gasteiger partial charge in [0.15, 0.2) is 0 Å². The number of hydrogen-bond acceptors (Lipinski definition) is 2. The lowest BCUT2D eigenvalue weighted by atomic mass is 9.94. The summed E-state index contributed by atoms with van der Waals surface area (Å²) in [7, 11) is 1.96. The summed E-state index contributed by atoms with van der Waals surface area (Å²) in [4.78, 5) is 0. The minimum absolute atomic E-state index is 0.0360. The van der Waals surface area contributed by atoms with Crippen molar-refractivity contribution in [1.29, 1.82) is 0 Å². The summed E-state index contributed by atoms with van der Waals surface area (Å²) in [6.45, 7) is 0.0360. The van der Waals surface area contributed by atoms with Gasteiger partial charge in [-0.15, -0.1) is 0 Å². The molecule has 2 N–H and O–H groups in total. The Morgan fingerprint density at radius 3 is 2.95 bits per heavy atom. The molecule has 0 aliphatic heterocycles. The highest BCUT2D eigenvalue weighted by Crippen LogP contribution is 2.31. The first kappa shape index (κ1) is 12.5. The van der Waals surface area contributed by atoms with E-state index in [0.29, 0.717) is 0 Å². The number of aliphatic hydroxyl groups is 2. The quantitative estimate of drug-likeness (QED) is 0.825. The van der Waals surface area contributed by atoms with Gasteiger partial charge in [0.2, 0.25) is 0 Å². The van der Waals surface area contributed by atoms with E-state index in [1.54, 1.807) is 0 Å². The minimum atomic E-state index is -0.387. The van der Waals surface area contributed by atoms with Crippen molar-refractivity contribution in [2.24, 2.45) is 7.05 Å². The van der Waals surface area contributed by atoms with Gasteiger partial charge in [-0.1, -0.05) is 12.2 Å². The van der Waals surface area contributed by atoms with Crippen molar-refractivity contribution in [2.75, 3.05) is 0 Å². The summed E-state index contributed by atoms with van der Waals surface area (Å²) in [6, 6.07) is 6.16. The van der Waals surface area contributed by atoms with Gasteiger partial charge in [-0.3, -0.25) is 0 Å². The number of aryl methyl sites for hydroxylation is 1. The normalized spacial score (nSPS) is 20.9. The average Bonchev–Trinajstić information content (AvgIpc) is 2.71. The molecule has 1 atom stereocenters. The van der Waals surface area contributed by atoms with Crippen LogP contribution >= 0.6 is 0 Å². The fraction of sp³-hybridized carbons (Fsp3) is 0.375. The first-order valence-corrected chi connectivity index (χ1v) is 6.78. The van der Waals surface area contributed by atoms with Gasteiger partial charge in [0.1, 0.15) is 0 Å². The molecule has 3 heteroatoms. The van der Waals surface area contributed by atoms with Crippen LogP contribution in [0, 0.1) is 0 Å². The fourth-order valence-electron chi connectivity index (χ4n) is 2.86. The number of benzene rings is 1. The molecule has 3 rings (SSSR count). The molecule has 0 spiro atoms. The SMILES string of the molecule is Cn1c(CO)cc2cc3c(cc21)/C=C\CCCC3O. The summed E-state index contributed by atoms with van der Waals surface area (Å²) in [6.07, 6.45) is 6.73. The van der Waals surface area contributed by atoms with E-state index < -0.39 is 0 Å². The number of aliphatic hydroxyl groups excluding tert-OH is 2. The number of nitrogens with zero attached hydrogens (tertiary/aromatic N) is 1. The van der Waals surface area contributed by atoms with E-state index in [9.17, 15) is 10.2 Å². The summed E-state index contributed by atoms with van der Waals surface area (Å²) in [5.74, 6) is 0. The lowest BCUT2D eigenvalue weighted by Crippen LogP contribution is -2.02. The standard InChI is InChI=1S/C16H19NO2/c1-17-13(10-18)7-12-8-14-11(9-15(12)17)5-3-2-4-6-16(14)19/h3,5,7-9,16,18-19H,2,4,6,10H2,1H3/b5-3-. The molecule has 1 heterocycles. The van der Waals surface area contributed by atoms with Gasteiger partial charge >= 0.3 is 0 Å². The second-order valence-electron chi connectivity index (χ2n) is 5.24. The van der Waals surface area contributed by atoms with Crippen LogP contribution in [0.3, 0.4) is 0 Å². The molecular weight excluding hydrogens is 238 g/mol. The van der Waals surface area contributed by atoms with E-state index >= 15 is 0 Å². The Hall–Kier alpha value is -1.58. The van der Waals surface area contributed by atoms with E-state index in [2.05, 4.69) is 24.3 Å². The second-order valence-corrected chi connectivity index (χ2v) is 5.24. The Bertz CT molecular complexity index is 640. The number of fused-ring (bicyclic) bond motifs is 2. The zero-order chi connectivity index (χ0) is 13.4. The lowest BCUT2D eigenvalue weighted by Gasteiger charge is -2.16. The third-order valence-electron chi connectivity index (χ3n) is 4.01. The maximum Gasteiger partial charge on any atom is 0.0833 e. The fourth-order valence-corrected chi connectivity index (χ4v) is 2.86. The molecule has 0 fully saturated rings. The third-order valence-corrected chi connectivity index (χ3v) is 4.01. The zero-order valence-corrected chi connectivity index (χ0v) is 11.1. The molecule has 0 bridgehead atoms. The van der Waals surface area contributed by atoms with E-state index in [-0.39, 0.29) is 12.7 Å². The molecular formula is C16H19NO2. The second kappa shape index (κ2) is 4.83. The summed E-state index contributed by atoms with van der Waals surface area (Å²) in [5, 5.41) is 20.7. The molecule has 1 aromatic heterocycles. The molecule has 100 valence electrons. The van der Waals surface area contributed by atoms with Crippen molar-refractivity contribution in [1.82, 2.24) is 4.57 Å². The molecule has 0 saturated carbocycles. The van der Waals surface area contributed by atoms with E-state index in [1.165, 1.54) is 0 Å². The molecule has 1 aromatic carbocycles. The maximum atomic E-state index is 10.3. The van der Waals surface area contributed by atoms with Gasteiger partial charge in [0.25, 0.3) is 0 Å². The van der Waals surface area contributed by atoms with Crippen LogP contribution in [0.2, 0.25) is 0 Å². The predicted molar refractivity (Wildman–Crippen MR) is 76.7 cm³/mol. The maximum absolute atomic E-state index is 10.3. The average molecular weight is 257 g/mol. The summed E-state index contributed by atoms with van der Waals surface area (Å²) < 4.78 is 2.01. The number of allylic oxidation sites excluding steroid dienone is 1. The Labute approximate surface area is 112 Å². The molecule has 2 aromatic rings.